The Kier molecular flexibility index (Phi) is 3.16. The van der Waals surface area contributed by atoms with Crippen molar-refractivity contribution in [3.05, 3.63) is 34.0 Å². The van der Waals surface area contributed by atoms with E-state index in [1.54, 1.807) is 0 Å². The number of hydrogen-bond acceptors (Lipinski definition) is 4. The highest BCUT2D eigenvalue weighted by Crippen LogP contribution is 2.10. The Hall–Kier alpha value is -1.20. The third-order valence-corrected chi connectivity index (χ3v) is 1.72. The van der Waals surface area contributed by atoms with Crippen molar-refractivity contribution in [3.63, 3.8) is 0 Å². The van der Waals surface area contributed by atoms with Crippen LogP contribution in [0.2, 0.25) is 0 Å². The van der Waals surface area contributed by atoms with Crippen LogP contribution in [0.3, 0.4) is 0 Å². The molecule has 0 aromatic carbocycles. The topological polar surface area (TPSA) is 67.9 Å². The van der Waals surface area contributed by atoms with Crippen LogP contribution >= 0.6 is 23.6 Å². The van der Waals surface area contributed by atoms with Gasteiger partial charge in [-0.25, -0.2) is 0 Å². The molecule has 7 heteroatoms. The number of hydrogen-bond donors (Lipinski definition) is 0. The van der Waals surface area contributed by atoms with Crippen molar-refractivity contribution in [2.24, 2.45) is 9.02 Å². The molecule has 0 atom stereocenters. The molecule has 1 aliphatic rings. The van der Waals surface area contributed by atoms with Crippen molar-refractivity contribution in [2.45, 2.75) is 0 Å². The fraction of sp³-hybridized carbons (Fsp3) is 0. The molecular weight excluding hydrogens is 217 g/mol. The van der Waals surface area contributed by atoms with E-state index in [0.29, 0.717) is 0 Å². The van der Waals surface area contributed by atoms with Gasteiger partial charge in [0.25, 0.3) is 5.70 Å². The number of nitrogens with zero attached hydrogens (tertiary/aromatic N) is 3. The summed E-state index contributed by atoms with van der Waals surface area (Å²) < 4.78 is 6.49. The van der Waals surface area contributed by atoms with Gasteiger partial charge < -0.3 is 0 Å². The molecule has 0 radical (unpaired) electrons. The largest absolute Gasteiger partial charge is 0.298 e. The van der Waals surface area contributed by atoms with Crippen LogP contribution in [0, 0.1) is 10.1 Å². The predicted molar refractivity (Wildman–Crippen MR) is 50.8 cm³/mol. The number of rotatable bonds is 1. The second-order valence-corrected chi connectivity index (χ2v) is 2.44. The molecule has 0 unspecified atom stereocenters. The summed E-state index contributed by atoms with van der Waals surface area (Å²) >= 11 is 10.3. The molecule has 0 spiro atoms. The zero-order chi connectivity index (χ0) is 9.84. The first-order chi connectivity index (χ1) is 6.19. The fourth-order valence-corrected chi connectivity index (χ4v) is 1.03. The van der Waals surface area contributed by atoms with E-state index in [2.05, 4.69) is 9.02 Å². The highest BCUT2D eigenvalue weighted by molar-refractivity contribution is 6.31. The van der Waals surface area contributed by atoms with Crippen LogP contribution < -0.4 is 0 Å². The van der Waals surface area contributed by atoms with Gasteiger partial charge in [-0.3, -0.25) is 10.1 Å². The van der Waals surface area contributed by atoms with Gasteiger partial charge in [0.1, 0.15) is 0 Å². The molecule has 5 nitrogen and oxygen atoms in total. The zero-order valence-corrected chi connectivity index (χ0v) is 7.66. The fourth-order valence-electron chi connectivity index (χ4n) is 0.782. The van der Waals surface area contributed by atoms with E-state index in [1.165, 1.54) is 18.2 Å². The minimum Gasteiger partial charge on any atom is -0.258 e. The van der Waals surface area contributed by atoms with E-state index < -0.39 is 4.92 Å². The summed E-state index contributed by atoms with van der Waals surface area (Å²) in [7, 11) is 0. The SMILES string of the molecule is O=[N+]([O-])C1=CC(=N/Cl)/C=CC/1=N/Cl. The van der Waals surface area contributed by atoms with Crippen molar-refractivity contribution >= 4 is 35.0 Å². The van der Waals surface area contributed by atoms with E-state index in [9.17, 15) is 10.1 Å². The van der Waals surface area contributed by atoms with Gasteiger partial charge >= 0.3 is 0 Å². The van der Waals surface area contributed by atoms with Gasteiger partial charge in [-0.1, -0.05) is 0 Å². The molecular formula is C6H3Cl2N3O2. The quantitative estimate of drug-likeness (QED) is 0.384. The molecule has 0 heterocycles. The Labute approximate surface area is 83.5 Å². The lowest BCUT2D eigenvalue weighted by Gasteiger charge is -2.01. The molecule has 0 amide bonds. The van der Waals surface area contributed by atoms with Crippen LogP contribution in [0.15, 0.2) is 32.9 Å². The monoisotopic (exact) mass is 219 g/mol. The van der Waals surface area contributed by atoms with Gasteiger partial charge in [-0.2, -0.15) is 9.02 Å². The smallest absolute Gasteiger partial charge is 0.258 e. The second kappa shape index (κ2) is 4.15. The molecule has 68 valence electrons. The van der Waals surface area contributed by atoms with Crippen molar-refractivity contribution in [2.75, 3.05) is 0 Å². The Morgan fingerprint density at radius 3 is 2.46 bits per heavy atom. The van der Waals surface area contributed by atoms with Crippen molar-refractivity contribution in [1.29, 1.82) is 0 Å². The third-order valence-electron chi connectivity index (χ3n) is 1.34. The van der Waals surface area contributed by atoms with Crippen LogP contribution in [-0.4, -0.2) is 16.3 Å². The highest BCUT2D eigenvalue weighted by Gasteiger charge is 2.21. The van der Waals surface area contributed by atoms with E-state index >= 15 is 0 Å². The Bertz CT molecular complexity index is 357. The Balaban J connectivity index is 3.13. The van der Waals surface area contributed by atoms with Crippen molar-refractivity contribution in [1.82, 2.24) is 0 Å². The van der Waals surface area contributed by atoms with E-state index in [0.717, 1.165) is 0 Å². The second-order valence-electron chi connectivity index (χ2n) is 2.10. The molecule has 0 fully saturated rings. The number of allylic oxidation sites excluding steroid dienone is 3. The summed E-state index contributed by atoms with van der Waals surface area (Å²) in [6.07, 6.45) is 4.03. The predicted octanol–water partition coefficient (Wildman–Crippen LogP) is 1.91. The highest BCUT2D eigenvalue weighted by atomic mass is 35.5. The standard InChI is InChI=1S/C6H3Cl2N3O2/c7-9-4-1-2-5(10-8)6(3-4)11(12)13/h1-3H/b9-4+,10-5-. The van der Waals surface area contributed by atoms with Gasteiger partial charge in [-0.15, -0.1) is 0 Å². The Morgan fingerprint density at radius 1 is 1.31 bits per heavy atom. The van der Waals surface area contributed by atoms with Gasteiger partial charge in [0.15, 0.2) is 5.71 Å². The van der Waals surface area contributed by atoms with Crippen LogP contribution in [0.4, 0.5) is 0 Å². The summed E-state index contributed by atoms with van der Waals surface area (Å²) in [5.74, 6) is 0. The normalized spacial score (nSPS) is 22.2. The maximum Gasteiger partial charge on any atom is 0.298 e. The average molecular weight is 220 g/mol. The van der Waals surface area contributed by atoms with Gasteiger partial charge in [0, 0.05) is 29.6 Å². The maximum absolute atomic E-state index is 10.5. The first-order valence-corrected chi connectivity index (χ1v) is 3.79. The maximum atomic E-state index is 10.5. The van der Waals surface area contributed by atoms with Crippen LogP contribution in [0.25, 0.3) is 0 Å². The molecule has 0 bridgehead atoms. The molecule has 0 aromatic rings. The molecule has 0 aliphatic heterocycles. The van der Waals surface area contributed by atoms with E-state index in [1.807, 2.05) is 0 Å². The minimum absolute atomic E-state index is 0.0794. The van der Waals surface area contributed by atoms with Gasteiger partial charge in [0.05, 0.1) is 10.6 Å². The third kappa shape index (κ3) is 2.13. The van der Waals surface area contributed by atoms with E-state index in [-0.39, 0.29) is 17.1 Å². The lowest BCUT2D eigenvalue weighted by atomic mass is 10.1. The van der Waals surface area contributed by atoms with Gasteiger partial charge in [0.2, 0.25) is 0 Å². The molecule has 13 heavy (non-hydrogen) atoms. The van der Waals surface area contributed by atoms with Crippen LogP contribution in [-0.2, 0) is 0 Å². The number of nitro groups is 1. The molecule has 1 rings (SSSR count). The van der Waals surface area contributed by atoms with Crippen molar-refractivity contribution < 1.29 is 4.92 Å². The molecule has 1 aliphatic carbocycles. The van der Waals surface area contributed by atoms with Gasteiger partial charge in [-0.05, 0) is 12.2 Å². The lowest BCUT2D eigenvalue weighted by molar-refractivity contribution is -0.414. The summed E-state index contributed by atoms with van der Waals surface area (Å²) in [6, 6.07) is 0. The molecule has 0 saturated carbocycles. The number of halogens is 2. The molecule has 0 aromatic heterocycles. The minimum atomic E-state index is -0.604. The average Bonchev–Trinajstić information content (AvgIpc) is 2.16. The first-order valence-electron chi connectivity index (χ1n) is 3.11. The Morgan fingerprint density at radius 2 is 2.00 bits per heavy atom. The van der Waals surface area contributed by atoms with Crippen LogP contribution in [0.1, 0.15) is 0 Å². The summed E-state index contributed by atoms with van der Waals surface area (Å²) in [4.78, 5) is 9.85. The van der Waals surface area contributed by atoms with Crippen molar-refractivity contribution in [3.8, 4) is 0 Å². The van der Waals surface area contributed by atoms with E-state index in [4.69, 9.17) is 23.6 Å². The van der Waals surface area contributed by atoms with Crippen LogP contribution in [0.5, 0.6) is 0 Å². The summed E-state index contributed by atoms with van der Waals surface area (Å²) in [5.41, 5.74) is 0.144. The molecule has 0 saturated heterocycles. The molecule has 0 N–H and O–H groups in total. The summed E-state index contributed by atoms with van der Waals surface area (Å²) in [6.45, 7) is 0. The zero-order valence-electron chi connectivity index (χ0n) is 6.15. The summed E-state index contributed by atoms with van der Waals surface area (Å²) in [5, 5.41) is 10.5. The first kappa shape index (κ1) is 9.88. The lowest BCUT2D eigenvalue weighted by Crippen LogP contribution is -2.14.